The SMILES string of the molecule is C[C@H](O)C[C@@H]1COCCN1C(=O)N[C@H](C)Cc1cccc(F)c1. The van der Waals surface area contributed by atoms with Crippen molar-refractivity contribution in [3.63, 3.8) is 0 Å². The molecule has 1 saturated heterocycles. The van der Waals surface area contributed by atoms with Crippen LogP contribution < -0.4 is 5.32 Å². The fraction of sp³-hybridized carbons (Fsp3) is 0.588. The minimum atomic E-state index is -0.485. The van der Waals surface area contributed by atoms with Crippen LogP contribution in [0, 0.1) is 5.82 Å². The predicted molar refractivity (Wildman–Crippen MR) is 85.7 cm³/mol. The number of benzene rings is 1. The molecular weight excluding hydrogens is 299 g/mol. The van der Waals surface area contributed by atoms with Crippen LogP contribution in [0.2, 0.25) is 0 Å². The van der Waals surface area contributed by atoms with Crippen LogP contribution in [0.5, 0.6) is 0 Å². The highest BCUT2D eigenvalue weighted by Crippen LogP contribution is 2.14. The number of morpholine rings is 1. The highest BCUT2D eigenvalue weighted by molar-refractivity contribution is 5.75. The summed E-state index contributed by atoms with van der Waals surface area (Å²) in [5, 5.41) is 12.5. The molecule has 3 atom stereocenters. The Morgan fingerprint density at radius 1 is 1.52 bits per heavy atom. The maximum absolute atomic E-state index is 13.2. The molecule has 2 N–H and O–H groups in total. The molecule has 23 heavy (non-hydrogen) atoms. The number of hydrogen-bond donors (Lipinski definition) is 2. The number of urea groups is 1. The lowest BCUT2D eigenvalue weighted by molar-refractivity contribution is -0.00471. The van der Waals surface area contributed by atoms with Gasteiger partial charge in [-0.05, 0) is 44.4 Å². The molecule has 0 unspecified atom stereocenters. The molecule has 1 aromatic carbocycles. The van der Waals surface area contributed by atoms with E-state index in [1.807, 2.05) is 13.0 Å². The summed E-state index contributed by atoms with van der Waals surface area (Å²) in [5.41, 5.74) is 0.848. The van der Waals surface area contributed by atoms with Gasteiger partial charge in [-0.2, -0.15) is 0 Å². The van der Waals surface area contributed by atoms with Crippen LogP contribution in [0.15, 0.2) is 24.3 Å². The van der Waals surface area contributed by atoms with Crippen molar-refractivity contribution in [2.75, 3.05) is 19.8 Å². The summed E-state index contributed by atoms with van der Waals surface area (Å²) in [7, 11) is 0. The van der Waals surface area contributed by atoms with Gasteiger partial charge in [0.25, 0.3) is 0 Å². The summed E-state index contributed by atoms with van der Waals surface area (Å²) in [6, 6.07) is 6.00. The molecular formula is C17H25FN2O3. The molecule has 1 aliphatic heterocycles. The average molecular weight is 324 g/mol. The molecule has 2 rings (SSSR count). The van der Waals surface area contributed by atoms with Gasteiger partial charge in [0.05, 0.1) is 25.4 Å². The molecule has 0 aromatic heterocycles. The van der Waals surface area contributed by atoms with Gasteiger partial charge in [-0.3, -0.25) is 0 Å². The van der Waals surface area contributed by atoms with Gasteiger partial charge in [0.15, 0.2) is 0 Å². The van der Waals surface area contributed by atoms with Crippen molar-refractivity contribution >= 4 is 6.03 Å². The number of rotatable bonds is 5. The average Bonchev–Trinajstić information content (AvgIpc) is 2.46. The van der Waals surface area contributed by atoms with Gasteiger partial charge in [-0.25, -0.2) is 9.18 Å². The predicted octanol–water partition coefficient (Wildman–Crippen LogP) is 1.94. The van der Waals surface area contributed by atoms with Gasteiger partial charge in [0.2, 0.25) is 0 Å². The maximum atomic E-state index is 13.2. The van der Waals surface area contributed by atoms with E-state index in [1.165, 1.54) is 12.1 Å². The van der Waals surface area contributed by atoms with Crippen LogP contribution in [-0.4, -0.2) is 54.0 Å². The second kappa shape index (κ2) is 8.26. The number of aliphatic hydroxyl groups is 1. The lowest BCUT2D eigenvalue weighted by Gasteiger charge is -2.37. The third-order valence-electron chi connectivity index (χ3n) is 3.90. The second-order valence-corrected chi connectivity index (χ2v) is 6.19. The minimum Gasteiger partial charge on any atom is -0.393 e. The fourth-order valence-electron chi connectivity index (χ4n) is 2.87. The van der Waals surface area contributed by atoms with Gasteiger partial charge in [-0.15, -0.1) is 0 Å². The van der Waals surface area contributed by atoms with Crippen molar-refractivity contribution < 1.29 is 19.0 Å². The zero-order valence-electron chi connectivity index (χ0n) is 13.7. The molecule has 0 radical (unpaired) electrons. The van der Waals surface area contributed by atoms with Crippen LogP contribution >= 0.6 is 0 Å². The lowest BCUT2D eigenvalue weighted by Crippen LogP contribution is -2.54. The summed E-state index contributed by atoms with van der Waals surface area (Å²) in [5.74, 6) is -0.272. The maximum Gasteiger partial charge on any atom is 0.318 e. The Morgan fingerprint density at radius 3 is 3.00 bits per heavy atom. The van der Waals surface area contributed by atoms with Crippen molar-refractivity contribution in [2.24, 2.45) is 0 Å². The summed E-state index contributed by atoms with van der Waals surface area (Å²) in [6.07, 6.45) is 0.572. The van der Waals surface area contributed by atoms with Crippen LogP contribution in [0.4, 0.5) is 9.18 Å². The number of amides is 2. The zero-order chi connectivity index (χ0) is 16.8. The normalized spacial score (nSPS) is 20.9. The Labute approximate surface area is 136 Å². The first-order chi connectivity index (χ1) is 11.0. The number of carbonyl (C=O) groups is 1. The Bertz CT molecular complexity index is 524. The van der Waals surface area contributed by atoms with Crippen molar-refractivity contribution in [1.29, 1.82) is 0 Å². The van der Waals surface area contributed by atoms with Crippen molar-refractivity contribution in [2.45, 2.75) is 44.9 Å². The zero-order valence-corrected chi connectivity index (χ0v) is 13.7. The lowest BCUT2D eigenvalue weighted by atomic mass is 10.1. The van der Waals surface area contributed by atoms with E-state index in [9.17, 15) is 14.3 Å². The van der Waals surface area contributed by atoms with Crippen LogP contribution in [0.3, 0.4) is 0 Å². The third-order valence-corrected chi connectivity index (χ3v) is 3.90. The highest BCUT2D eigenvalue weighted by Gasteiger charge is 2.28. The quantitative estimate of drug-likeness (QED) is 0.870. The van der Waals surface area contributed by atoms with E-state index >= 15 is 0 Å². The summed E-state index contributed by atoms with van der Waals surface area (Å²) >= 11 is 0. The number of nitrogens with one attached hydrogen (secondary N) is 1. The van der Waals surface area contributed by atoms with Crippen LogP contribution in [0.25, 0.3) is 0 Å². The first kappa shape index (κ1) is 17.7. The number of hydrogen-bond acceptors (Lipinski definition) is 3. The Balaban J connectivity index is 1.91. The number of ether oxygens (including phenoxy) is 1. The van der Waals surface area contributed by atoms with Crippen molar-refractivity contribution in [3.05, 3.63) is 35.6 Å². The Hall–Kier alpha value is -1.66. The number of halogens is 1. The van der Waals surface area contributed by atoms with E-state index in [0.29, 0.717) is 32.6 Å². The van der Waals surface area contributed by atoms with E-state index in [0.717, 1.165) is 5.56 Å². The van der Waals surface area contributed by atoms with Crippen molar-refractivity contribution in [1.82, 2.24) is 10.2 Å². The molecule has 2 amide bonds. The molecule has 0 bridgehead atoms. The molecule has 1 aromatic rings. The van der Waals surface area contributed by atoms with Gasteiger partial charge in [-0.1, -0.05) is 12.1 Å². The standard InChI is InChI=1S/C17H25FN2O3/c1-12(8-14-4-3-5-15(18)10-14)19-17(22)20-6-7-23-11-16(20)9-13(2)21/h3-5,10,12-13,16,21H,6-9,11H2,1-2H3,(H,19,22)/t12-,13+,16-/m1/s1. The molecule has 1 aliphatic rings. The summed E-state index contributed by atoms with van der Waals surface area (Å²) < 4.78 is 18.6. The van der Waals surface area contributed by atoms with E-state index in [-0.39, 0.29) is 23.9 Å². The molecule has 5 nitrogen and oxygen atoms in total. The molecule has 6 heteroatoms. The van der Waals surface area contributed by atoms with Crippen LogP contribution in [-0.2, 0) is 11.2 Å². The molecule has 1 fully saturated rings. The van der Waals surface area contributed by atoms with Gasteiger partial charge in [0, 0.05) is 12.6 Å². The summed E-state index contributed by atoms with van der Waals surface area (Å²) in [6.45, 7) is 5.05. The second-order valence-electron chi connectivity index (χ2n) is 6.19. The van der Waals surface area contributed by atoms with E-state index in [2.05, 4.69) is 5.32 Å². The topological polar surface area (TPSA) is 61.8 Å². The Kier molecular flexibility index (Phi) is 6.36. The smallest absolute Gasteiger partial charge is 0.318 e. The third kappa shape index (κ3) is 5.48. The van der Waals surface area contributed by atoms with Crippen LogP contribution in [0.1, 0.15) is 25.8 Å². The van der Waals surface area contributed by atoms with E-state index in [1.54, 1.807) is 17.9 Å². The van der Waals surface area contributed by atoms with Gasteiger partial charge >= 0.3 is 6.03 Å². The largest absolute Gasteiger partial charge is 0.393 e. The fourth-order valence-corrected chi connectivity index (χ4v) is 2.87. The van der Waals surface area contributed by atoms with Gasteiger partial charge < -0.3 is 20.1 Å². The van der Waals surface area contributed by atoms with Gasteiger partial charge in [0.1, 0.15) is 5.82 Å². The molecule has 0 saturated carbocycles. The van der Waals surface area contributed by atoms with E-state index in [4.69, 9.17) is 4.74 Å². The van der Waals surface area contributed by atoms with Crippen molar-refractivity contribution in [3.8, 4) is 0 Å². The summed E-state index contributed by atoms with van der Waals surface area (Å²) in [4.78, 5) is 14.2. The monoisotopic (exact) mass is 324 g/mol. The van der Waals surface area contributed by atoms with E-state index < -0.39 is 6.10 Å². The Morgan fingerprint density at radius 2 is 2.30 bits per heavy atom. The number of carbonyl (C=O) groups excluding carboxylic acids is 1. The first-order valence-electron chi connectivity index (χ1n) is 8.03. The molecule has 0 spiro atoms. The molecule has 0 aliphatic carbocycles. The number of aliphatic hydroxyl groups excluding tert-OH is 1. The first-order valence-corrected chi connectivity index (χ1v) is 8.03. The molecule has 1 heterocycles. The highest BCUT2D eigenvalue weighted by atomic mass is 19.1. The molecule has 128 valence electrons. The number of nitrogens with zero attached hydrogens (tertiary/aromatic N) is 1. The minimum absolute atomic E-state index is 0.112.